The summed E-state index contributed by atoms with van der Waals surface area (Å²) in [4.78, 5) is 51.2. The van der Waals surface area contributed by atoms with Gasteiger partial charge in [-0.2, -0.15) is 0 Å². The number of fused-ring (bicyclic) bond motifs is 2. The Kier molecular flexibility index (Phi) is 13.2. The van der Waals surface area contributed by atoms with Crippen LogP contribution in [0.2, 0.25) is 0 Å². The number of benzene rings is 1. The number of carbonyl (C=O) groups is 4. The van der Waals surface area contributed by atoms with Crippen molar-refractivity contribution in [3.63, 3.8) is 0 Å². The first-order chi connectivity index (χ1) is 16.6. The van der Waals surface area contributed by atoms with Gasteiger partial charge in [-0.15, -0.1) is 0 Å². The number of aliphatic carboxylic acids is 1. The maximum Gasteiger partial charge on any atom is 0.305 e. The van der Waals surface area contributed by atoms with E-state index in [2.05, 4.69) is 35.8 Å². The first-order valence-corrected chi connectivity index (χ1v) is 11.5. The smallest absolute Gasteiger partial charge is 0.305 e. The van der Waals surface area contributed by atoms with E-state index < -0.39 is 36.8 Å². The van der Waals surface area contributed by atoms with Crippen LogP contribution in [-0.4, -0.2) is 60.6 Å². The molecule has 190 valence electrons. The molecule has 1 atom stereocenters. The van der Waals surface area contributed by atoms with Gasteiger partial charge in [0, 0.05) is 24.4 Å². The first kappa shape index (κ1) is 29.7. The number of carboxylic acid groups (broad SMARTS) is 1. The number of Topliss-reactive ketones (excluding diaryl/α,β-unsaturated/α-hetero) is 1. The maximum atomic E-state index is 12.0. The third-order valence-electron chi connectivity index (χ3n) is 3.98. The number of ketones is 1. The minimum Gasteiger partial charge on any atom is -0.481 e. The lowest BCUT2D eigenvalue weighted by atomic mass is 10.1. The number of carboxylic acids is 1. The second-order valence-electron chi connectivity index (χ2n) is 7.87. The standard InChI is InChI=1S/C12H8N2OS.C8H12FNO5.C4H10/c15-8-14-9-3-1-2-4-11(9)16-12-7-13-6-5-10(12)14;1-15-4-7(12)10-5(2-8(13)14)6(11)3-9;1-4(2)3/h1-8H;5H,2-4H2,1H3,(H,10,12)(H,13,14);4H,1-3H3. The number of ether oxygens (including phenoxy) is 1. The molecule has 3 rings (SSSR count). The SMILES string of the molecule is CC(C)C.COCC(=O)NC(CC(=O)O)C(=O)CF.O=CN1c2ccccc2Sc2cnccc21. The number of alkyl halides is 1. The molecule has 2 aromatic rings. The van der Waals surface area contributed by atoms with E-state index in [4.69, 9.17) is 5.11 Å². The predicted octanol–water partition coefficient (Wildman–Crippen LogP) is 3.63. The molecule has 1 aliphatic rings. The molecule has 0 fully saturated rings. The Morgan fingerprint density at radius 3 is 2.37 bits per heavy atom. The number of rotatable bonds is 8. The zero-order valence-electron chi connectivity index (χ0n) is 20.1. The van der Waals surface area contributed by atoms with Crippen LogP contribution in [0.3, 0.4) is 0 Å². The van der Waals surface area contributed by atoms with E-state index in [0.717, 1.165) is 33.5 Å². The molecule has 0 bridgehead atoms. The van der Waals surface area contributed by atoms with Gasteiger partial charge in [0.15, 0.2) is 5.78 Å². The normalized spacial score (nSPS) is 12.0. The Morgan fingerprint density at radius 1 is 1.17 bits per heavy atom. The number of carbonyl (C=O) groups excluding carboxylic acids is 3. The van der Waals surface area contributed by atoms with Crippen LogP contribution in [-0.2, 0) is 23.9 Å². The largest absolute Gasteiger partial charge is 0.481 e. The van der Waals surface area contributed by atoms with Crippen molar-refractivity contribution in [3.8, 4) is 0 Å². The number of hydrogen-bond donors (Lipinski definition) is 2. The van der Waals surface area contributed by atoms with Gasteiger partial charge < -0.3 is 15.2 Å². The quantitative estimate of drug-likeness (QED) is 0.519. The van der Waals surface area contributed by atoms with E-state index in [1.54, 1.807) is 29.1 Å². The number of hydrogen-bond acceptors (Lipinski definition) is 7. The molecular formula is C24H30FN3O6S. The van der Waals surface area contributed by atoms with Crippen molar-refractivity contribution < 1.29 is 33.4 Å². The fourth-order valence-corrected chi connectivity index (χ4v) is 3.67. The second-order valence-corrected chi connectivity index (χ2v) is 8.96. The van der Waals surface area contributed by atoms with E-state index in [0.29, 0.717) is 0 Å². The minimum atomic E-state index is -1.34. The minimum absolute atomic E-state index is 0.310. The third kappa shape index (κ3) is 10.2. The summed E-state index contributed by atoms with van der Waals surface area (Å²) in [6, 6.07) is 8.37. The molecule has 35 heavy (non-hydrogen) atoms. The molecule has 1 aromatic heterocycles. The monoisotopic (exact) mass is 507 g/mol. The van der Waals surface area contributed by atoms with Gasteiger partial charge in [0.2, 0.25) is 12.3 Å². The number of nitrogens with zero attached hydrogens (tertiary/aromatic N) is 2. The van der Waals surface area contributed by atoms with Gasteiger partial charge in [0.1, 0.15) is 19.3 Å². The van der Waals surface area contributed by atoms with E-state index >= 15 is 0 Å². The van der Waals surface area contributed by atoms with E-state index in [1.165, 1.54) is 7.11 Å². The zero-order valence-corrected chi connectivity index (χ0v) is 20.9. The van der Waals surface area contributed by atoms with Crippen molar-refractivity contribution in [2.24, 2.45) is 5.92 Å². The summed E-state index contributed by atoms with van der Waals surface area (Å²) in [5.41, 5.74) is 1.83. The number of anilines is 2. The molecule has 0 radical (unpaired) electrons. The molecule has 0 aliphatic carbocycles. The molecule has 0 saturated carbocycles. The summed E-state index contributed by atoms with van der Waals surface area (Å²) in [7, 11) is 1.27. The molecule has 2 amide bonds. The predicted molar refractivity (Wildman–Crippen MR) is 131 cm³/mol. The molecule has 11 heteroatoms. The Labute approximate surface area is 208 Å². The van der Waals surface area contributed by atoms with Crippen LogP contribution < -0.4 is 10.2 Å². The number of amides is 2. The van der Waals surface area contributed by atoms with Crippen LogP contribution in [0.1, 0.15) is 27.2 Å². The fraction of sp³-hybridized carbons (Fsp3) is 0.375. The number of pyridine rings is 1. The van der Waals surface area contributed by atoms with Crippen molar-refractivity contribution in [3.05, 3.63) is 42.7 Å². The van der Waals surface area contributed by atoms with E-state index in [9.17, 15) is 23.6 Å². The number of nitrogens with one attached hydrogen (secondary N) is 1. The molecule has 1 unspecified atom stereocenters. The van der Waals surface area contributed by atoms with E-state index in [1.807, 2.05) is 30.3 Å². The zero-order chi connectivity index (χ0) is 26.4. The topological polar surface area (TPSA) is 126 Å². The molecule has 1 aromatic carbocycles. The van der Waals surface area contributed by atoms with Gasteiger partial charge in [-0.1, -0.05) is 44.7 Å². The lowest BCUT2D eigenvalue weighted by molar-refractivity contribution is -0.140. The van der Waals surface area contributed by atoms with Crippen molar-refractivity contribution in [2.75, 3.05) is 25.3 Å². The average Bonchev–Trinajstić information content (AvgIpc) is 2.81. The number of methoxy groups -OCH3 is 1. The van der Waals surface area contributed by atoms with E-state index in [-0.39, 0.29) is 6.61 Å². The van der Waals surface area contributed by atoms with Gasteiger partial charge in [0.05, 0.1) is 22.7 Å². The lowest BCUT2D eigenvalue weighted by Crippen LogP contribution is -2.44. The van der Waals surface area contributed by atoms with Gasteiger partial charge in [-0.25, -0.2) is 4.39 Å². The highest BCUT2D eigenvalue weighted by Gasteiger charge is 2.23. The summed E-state index contributed by atoms with van der Waals surface area (Å²) in [6.07, 6.45) is 3.69. The van der Waals surface area contributed by atoms with Gasteiger partial charge in [0.25, 0.3) is 0 Å². The fourth-order valence-electron chi connectivity index (χ4n) is 2.63. The molecule has 9 nitrogen and oxygen atoms in total. The molecule has 0 spiro atoms. The highest BCUT2D eigenvalue weighted by Crippen LogP contribution is 2.46. The Bertz CT molecular complexity index is 956. The average molecular weight is 508 g/mol. The van der Waals surface area contributed by atoms with Crippen LogP contribution in [0.25, 0.3) is 0 Å². The van der Waals surface area contributed by atoms with Gasteiger partial charge >= 0.3 is 5.97 Å². The molecule has 2 heterocycles. The summed E-state index contributed by atoms with van der Waals surface area (Å²) >= 11 is 1.64. The summed E-state index contributed by atoms with van der Waals surface area (Å²) in [5, 5.41) is 10.5. The van der Waals surface area contributed by atoms with Crippen LogP contribution in [0.15, 0.2) is 52.5 Å². The Morgan fingerprint density at radius 2 is 1.80 bits per heavy atom. The molecular weight excluding hydrogens is 477 g/mol. The van der Waals surface area contributed by atoms with Crippen LogP contribution >= 0.6 is 11.8 Å². The summed E-state index contributed by atoms with van der Waals surface area (Å²) in [6.45, 7) is 4.88. The van der Waals surface area contributed by atoms with Crippen LogP contribution in [0, 0.1) is 5.92 Å². The summed E-state index contributed by atoms with van der Waals surface area (Å²) in [5.74, 6) is -2.09. The molecule has 0 saturated heterocycles. The third-order valence-corrected chi connectivity index (χ3v) is 5.08. The summed E-state index contributed by atoms with van der Waals surface area (Å²) < 4.78 is 16.5. The molecule has 2 N–H and O–H groups in total. The number of halogens is 1. The Balaban J connectivity index is 0.000000305. The van der Waals surface area contributed by atoms with Gasteiger partial charge in [-0.05, 0) is 24.1 Å². The van der Waals surface area contributed by atoms with Crippen molar-refractivity contribution in [1.29, 1.82) is 0 Å². The number of para-hydroxylation sites is 1. The van der Waals surface area contributed by atoms with Gasteiger partial charge in [-0.3, -0.25) is 29.1 Å². The second kappa shape index (κ2) is 15.6. The van der Waals surface area contributed by atoms with Crippen molar-refractivity contribution in [1.82, 2.24) is 10.3 Å². The molecule has 1 aliphatic heterocycles. The van der Waals surface area contributed by atoms with Crippen LogP contribution in [0.5, 0.6) is 0 Å². The number of aromatic nitrogens is 1. The van der Waals surface area contributed by atoms with Crippen molar-refractivity contribution in [2.45, 2.75) is 43.0 Å². The Hall–Kier alpha value is -3.31. The van der Waals surface area contributed by atoms with Crippen LogP contribution in [0.4, 0.5) is 15.8 Å². The first-order valence-electron chi connectivity index (χ1n) is 10.7. The lowest BCUT2D eigenvalue weighted by Gasteiger charge is -2.27. The van der Waals surface area contributed by atoms with Crippen molar-refractivity contribution >= 4 is 47.2 Å². The highest BCUT2D eigenvalue weighted by atomic mass is 32.2. The maximum absolute atomic E-state index is 12.0. The highest BCUT2D eigenvalue weighted by molar-refractivity contribution is 7.99.